The molecule has 0 aliphatic carbocycles. The highest BCUT2D eigenvalue weighted by Crippen LogP contribution is 2.25. The Morgan fingerprint density at radius 2 is 2.22 bits per heavy atom. The molecule has 104 valence electrons. The molecule has 1 aromatic rings. The smallest absolute Gasteiger partial charge is 0.0695 e. The van der Waals surface area contributed by atoms with Crippen molar-refractivity contribution in [2.75, 3.05) is 27.7 Å². The van der Waals surface area contributed by atoms with Crippen molar-refractivity contribution in [3.8, 4) is 0 Å². The zero-order valence-electron chi connectivity index (χ0n) is 11.6. The second-order valence-electron chi connectivity index (χ2n) is 4.79. The van der Waals surface area contributed by atoms with Gasteiger partial charge in [-0.2, -0.15) is 5.10 Å². The summed E-state index contributed by atoms with van der Waals surface area (Å²) in [5, 5.41) is 4.36. The van der Waals surface area contributed by atoms with Crippen molar-refractivity contribution >= 4 is 15.9 Å². The fourth-order valence-electron chi connectivity index (χ4n) is 1.78. The third kappa shape index (κ3) is 4.35. The fourth-order valence-corrected chi connectivity index (χ4v) is 2.37. The standard InChI is InChI=1S/C12H23BrN4O/c1-9(18-4)7-11(14)12-10(13)8-15-17(12)6-5-16(2)3/h8-9,11H,5-7,14H2,1-4H3. The Balaban J connectivity index is 2.76. The van der Waals surface area contributed by atoms with E-state index in [4.69, 9.17) is 10.5 Å². The molecule has 0 aliphatic heterocycles. The van der Waals surface area contributed by atoms with E-state index in [-0.39, 0.29) is 12.1 Å². The van der Waals surface area contributed by atoms with Crippen LogP contribution in [-0.2, 0) is 11.3 Å². The van der Waals surface area contributed by atoms with Crippen molar-refractivity contribution in [1.29, 1.82) is 0 Å². The zero-order chi connectivity index (χ0) is 13.7. The number of hydrogen-bond donors (Lipinski definition) is 1. The molecular formula is C12H23BrN4O. The molecule has 0 saturated heterocycles. The van der Waals surface area contributed by atoms with Gasteiger partial charge in [-0.25, -0.2) is 0 Å². The first-order valence-electron chi connectivity index (χ1n) is 6.10. The van der Waals surface area contributed by atoms with E-state index in [0.717, 1.165) is 29.7 Å². The van der Waals surface area contributed by atoms with Crippen LogP contribution in [0.25, 0.3) is 0 Å². The van der Waals surface area contributed by atoms with Crippen molar-refractivity contribution in [3.05, 3.63) is 16.4 Å². The second-order valence-corrected chi connectivity index (χ2v) is 5.65. The number of hydrogen-bond acceptors (Lipinski definition) is 4. The summed E-state index contributed by atoms with van der Waals surface area (Å²) in [6, 6.07) is -0.0704. The van der Waals surface area contributed by atoms with Crippen LogP contribution in [-0.4, -0.2) is 48.5 Å². The number of nitrogens with zero attached hydrogens (tertiary/aromatic N) is 3. The van der Waals surface area contributed by atoms with Gasteiger partial charge in [-0.05, 0) is 43.4 Å². The second kappa shape index (κ2) is 7.23. The minimum absolute atomic E-state index is 0.0704. The molecule has 1 heterocycles. The molecule has 1 rings (SSSR count). The molecule has 0 aromatic carbocycles. The predicted octanol–water partition coefficient (Wildman–Crippen LogP) is 1.63. The number of nitrogens with two attached hydrogens (primary N) is 1. The lowest BCUT2D eigenvalue weighted by atomic mass is 10.1. The molecule has 2 unspecified atom stereocenters. The van der Waals surface area contributed by atoms with Gasteiger partial charge in [0, 0.05) is 13.7 Å². The van der Waals surface area contributed by atoms with Crippen molar-refractivity contribution in [3.63, 3.8) is 0 Å². The van der Waals surface area contributed by atoms with E-state index >= 15 is 0 Å². The Kier molecular flexibility index (Phi) is 6.28. The van der Waals surface area contributed by atoms with E-state index in [1.165, 1.54) is 0 Å². The number of likely N-dealkylation sites (N-methyl/N-ethyl adjacent to an activating group) is 1. The van der Waals surface area contributed by atoms with Crippen LogP contribution in [0.15, 0.2) is 10.7 Å². The minimum Gasteiger partial charge on any atom is -0.382 e. The third-order valence-corrected chi connectivity index (χ3v) is 3.54. The molecule has 2 N–H and O–H groups in total. The van der Waals surface area contributed by atoms with Gasteiger partial charge < -0.3 is 15.4 Å². The Morgan fingerprint density at radius 1 is 1.56 bits per heavy atom. The number of aromatic nitrogens is 2. The van der Waals surface area contributed by atoms with Crippen molar-refractivity contribution < 1.29 is 4.74 Å². The molecule has 5 nitrogen and oxygen atoms in total. The highest BCUT2D eigenvalue weighted by Gasteiger charge is 2.18. The van der Waals surface area contributed by atoms with Crippen molar-refractivity contribution in [1.82, 2.24) is 14.7 Å². The van der Waals surface area contributed by atoms with Gasteiger partial charge in [-0.1, -0.05) is 0 Å². The summed E-state index contributed by atoms with van der Waals surface area (Å²) in [5.41, 5.74) is 7.28. The van der Waals surface area contributed by atoms with Gasteiger partial charge >= 0.3 is 0 Å². The first-order chi connectivity index (χ1) is 8.45. The van der Waals surface area contributed by atoms with Gasteiger partial charge in [-0.3, -0.25) is 4.68 Å². The molecule has 1 aromatic heterocycles. The van der Waals surface area contributed by atoms with Gasteiger partial charge in [-0.15, -0.1) is 0 Å². The van der Waals surface area contributed by atoms with Crippen LogP contribution >= 0.6 is 15.9 Å². The SMILES string of the molecule is COC(C)CC(N)c1c(Br)cnn1CCN(C)C. The zero-order valence-corrected chi connectivity index (χ0v) is 13.1. The highest BCUT2D eigenvalue weighted by molar-refractivity contribution is 9.10. The average molecular weight is 319 g/mol. The summed E-state index contributed by atoms with van der Waals surface area (Å²) in [6.45, 7) is 3.80. The largest absolute Gasteiger partial charge is 0.382 e. The first-order valence-corrected chi connectivity index (χ1v) is 6.89. The van der Waals surface area contributed by atoms with E-state index < -0.39 is 0 Å². The summed E-state index contributed by atoms with van der Waals surface area (Å²) in [7, 11) is 5.80. The van der Waals surface area contributed by atoms with Gasteiger partial charge in [0.05, 0.1) is 35.1 Å². The van der Waals surface area contributed by atoms with Crippen LogP contribution in [0.3, 0.4) is 0 Å². The van der Waals surface area contributed by atoms with E-state index in [1.807, 2.05) is 31.9 Å². The summed E-state index contributed by atoms with van der Waals surface area (Å²) in [4.78, 5) is 2.13. The highest BCUT2D eigenvalue weighted by atomic mass is 79.9. The molecule has 18 heavy (non-hydrogen) atoms. The maximum absolute atomic E-state index is 6.24. The van der Waals surface area contributed by atoms with Gasteiger partial charge in [0.25, 0.3) is 0 Å². The Labute approximate surface area is 117 Å². The molecule has 0 bridgehead atoms. The lowest BCUT2D eigenvalue weighted by Gasteiger charge is -2.19. The topological polar surface area (TPSA) is 56.3 Å². The lowest BCUT2D eigenvalue weighted by molar-refractivity contribution is 0.103. The number of halogens is 1. The maximum Gasteiger partial charge on any atom is 0.0695 e. The molecule has 2 atom stereocenters. The number of methoxy groups -OCH3 is 1. The molecule has 0 saturated carbocycles. The van der Waals surface area contributed by atoms with Gasteiger partial charge in [0.1, 0.15) is 0 Å². The Morgan fingerprint density at radius 3 is 2.78 bits per heavy atom. The van der Waals surface area contributed by atoms with Crippen LogP contribution < -0.4 is 5.73 Å². The first kappa shape index (κ1) is 15.6. The number of ether oxygens (including phenoxy) is 1. The van der Waals surface area contributed by atoms with E-state index in [2.05, 4.69) is 25.9 Å². The van der Waals surface area contributed by atoms with Gasteiger partial charge in [0.2, 0.25) is 0 Å². The van der Waals surface area contributed by atoms with Crippen LogP contribution in [0.5, 0.6) is 0 Å². The van der Waals surface area contributed by atoms with Crippen molar-refractivity contribution in [2.45, 2.75) is 32.0 Å². The van der Waals surface area contributed by atoms with Gasteiger partial charge in [0.15, 0.2) is 0 Å². The minimum atomic E-state index is -0.0704. The molecule has 0 radical (unpaired) electrons. The van der Waals surface area contributed by atoms with E-state index in [9.17, 15) is 0 Å². The molecular weight excluding hydrogens is 296 g/mol. The molecule has 0 aliphatic rings. The fraction of sp³-hybridized carbons (Fsp3) is 0.750. The Hall–Kier alpha value is -0.430. The van der Waals surface area contributed by atoms with Crippen LogP contribution in [0.1, 0.15) is 25.1 Å². The molecule has 0 fully saturated rings. The predicted molar refractivity (Wildman–Crippen MR) is 76.5 cm³/mol. The molecule has 0 spiro atoms. The summed E-state index contributed by atoms with van der Waals surface area (Å²) in [6.07, 6.45) is 2.73. The summed E-state index contributed by atoms with van der Waals surface area (Å²) < 4.78 is 8.20. The van der Waals surface area contributed by atoms with E-state index in [1.54, 1.807) is 7.11 Å². The third-order valence-electron chi connectivity index (χ3n) is 2.93. The summed E-state index contributed by atoms with van der Waals surface area (Å²) in [5.74, 6) is 0. The van der Waals surface area contributed by atoms with Crippen molar-refractivity contribution in [2.24, 2.45) is 5.73 Å². The molecule has 6 heteroatoms. The lowest BCUT2D eigenvalue weighted by Crippen LogP contribution is -2.25. The quantitative estimate of drug-likeness (QED) is 0.830. The van der Waals surface area contributed by atoms with E-state index in [0.29, 0.717) is 0 Å². The number of rotatable bonds is 7. The normalized spacial score (nSPS) is 15.1. The van der Waals surface area contributed by atoms with Crippen LogP contribution in [0.4, 0.5) is 0 Å². The van der Waals surface area contributed by atoms with Crippen LogP contribution in [0, 0.1) is 0 Å². The Bertz CT molecular complexity index is 367. The maximum atomic E-state index is 6.24. The monoisotopic (exact) mass is 318 g/mol. The summed E-state index contributed by atoms with van der Waals surface area (Å²) >= 11 is 3.52. The van der Waals surface area contributed by atoms with Crippen LogP contribution in [0.2, 0.25) is 0 Å². The molecule has 0 amide bonds. The average Bonchev–Trinajstić information content (AvgIpc) is 2.67.